The van der Waals surface area contributed by atoms with E-state index in [9.17, 15) is 14.4 Å². The van der Waals surface area contributed by atoms with Crippen LogP contribution in [0.3, 0.4) is 0 Å². The number of nitrogens with zero attached hydrogens (tertiary/aromatic N) is 1. The van der Waals surface area contributed by atoms with E-state index < -0.39 is 24.5 Å². The monoisotopic (exact) mass is 414 g/mol. The Morgan fingerprint density at radius 2 is 1.90 bits per heavy atom. The minimum atomic E-state index is -0.611. The van der Waals surface area contributed by atoms with Crippen LogP contribution in [0.4, 0.5) is 5.69 Å². The van der Waals surface area contributed by atoms with E-state index in [0.717, 1.165) is 5.56 Å². The molecule has 29 heavy (non-hydrogen) atoms. The SMILES string of the molecule is COC(=O)c1cn(CC(=O)OCC(=O)Nc2cc(Cl)ccc2C)c2ccccc12. The molecular formula is C21H19ClN2O5. The Balaban J connectivity index is 1.64. The molecule has 0 saturated carbocycles. The van der Waals surface area contributed by atoms with E-state index in [4.69, 9.17) is 21.1 Å². The summed E-state index contributed by atoms with van der Waals surface area (Å²) in [7, 11) is 1.29. The lowest BCUT2D eigenvalue weighted by Gasteiger charge is -2.10. The highest BCUT2D eigenvalue weighted by atomic mass is 35.5. The van der Waals surface area contributed by atoms with Gasteiger partial charge in [-0.2, -0.15) is 0 Å². The molecule has 0 fully saturated rings. The van der Waals surface area contributed by atoms with E-state index in [1.54, 1.807) is 47.0 Å². The molecule has 2 aromatic carbocycles. The Hall–Kier alpha value is -3.32. The summed E-state index contributed by atoms with van der Waals surface area (Å²) >= 11 is 5.93. The van der Waals surface area contributed by atoms with Crippen LogP contribution in [0.25, 0.3) is 10.9 Å². The molecule has 0 saturated heterocycles. The fourth-order valence-electron chi connectivity index (χ4n) is 2.90. The molecule has 1 amide bonds. The average molecular weight is 415 g/mol. The van der Waals surface area contributed by atoms with E-state index in [-0.39, 0.29) is 6.54 Å². The Morgan fingerprint density at radius 1 is 1.14 bits per heavy atom. The predicted octanol–water partition coefficient (Wildman–Crippen LogP) is 3.57. The number of anilines is 1. The summed E-state index contributed by atoms with van der Waals surface area (Å²) in [5, 5.41) is 3.82. The van der Waals surface area contributed by atoms with Crippen LogP contribution in [0, 0.1) is 6.92 Å². The van der Waals surface area contributed by atoms with Gasteiger partial charge in [-0.05, 0) is 30.7 Å². The van der Waals surface area contributed by atoms with Gasteiger partial charge in [-0.15, -0.1) is 0 Å². The smallest absolute Gasteiger partial charge is 0.340 e. The van der Waals surface area contributed by atoms with Crippen molar-refractivity contribution in [3.8, 4) is 0 Å². The number of amides is 1. The van der Waals surface area contributed by atoms with Gasteiger partial charge in [-0.3, -0.25) is 9.59 Å². The molecule has 0 spiro atoms. The quantitative estimate of drug-likeness (QED) is 0.623. The number of para-hydroxylation sites is 1. The van der Waals surface area contributed by atoms with Crippen LogP contribution in [-0.2, 0) is 25.6 Å². The fraction of sp³-hybridized carbons (Fsp3) is 0.190. The second-order valence-electron chi connectivity index (χ2n) is 6.35. The Bertz CT molecular complexity index is 1090. The largest absolute Gasteiger partial charge is 0.465 e. The number of carbonyl (C=O) groups is 3. The number of fused-ring (bicyclic) bond motifs is 1. The van der Waals surface area contributed by atoms with Crippen LogP contribution in [-0.4, -0.2) is 36.1 Å². The third-order valence-corrected chi connectivity index (χ3v) is 4.57. The third kappa shape index (κ3) is 4.75. The molecule has 8 heteroatoms. The van der Waals surface area contributed by atoms with Gasteiger partial charge in [-0.1, -0.05) is 35.9 Å². The number of hydrogen-bond donors (Lipinski definition) is 1. The van der Waals surface area contributed by atoms with Crippen LogP contribution in [0.15, 0.2) is 48.7 Å². The summed E-state index contributed by atoms with van der Waals surface area (Å²) in [6, 6.07) is 12.3. The predicted molar refractivity (Wildman–Crippen MR) is 109 cm³/mol. The zero-order valence-electron chi connectivity index (χ0n) is 15.9. The maximum absolute atomic E-state index is 12.2. The molecule has 0 aliphatic rings. The summed E-state index contributed by atoms with van der Waals surface area (Å²) in [6.07, 6.45) is 1.53. The number of nitrogens with one attached hydrogen (secondary N) is 1. The number of methoxy groups -OCH3 is 1. The molecule has 0 aliphatic carbocycles. The Labute approximate surface area is 172 Å². The summed E-state index contributed by atoms with van der Waals surface area (Å²) < 4.78 is 11.4. The lowest BCUT2D eigenvalue weighted by molar-refractivity contribution is -0.147. The molecule has 7 nitrogen and oxygen atoms in total. The Morgan fingerprint density at radius 3 is 2.66 bits per heavy atom. The first-order valence-electron chi connectivity index (χ1n) is 8.77. The zero-order chi connectivity index (χ0) is 21.0. The number of carbonyl (C=O) groups excluding carboxylic acids is 3. The third-order valence-electron chi connectivity index (χ3n) is 4.33. The molecule has 3 rings (SSSR count). The van der Waals surface area contributed by atoms with E-state index in [2.05, 4.69) is 5.32 Å². The summed E-state index contributed by atoms with van der Waals surface area (Å²) in [5.41, 5.74) is 2.43. The first-order chi connectivity index (χ1) is 13.9. The lowest BCUT2D eigenvalue weighted by atomic mass is 10.2. The van der Waals surface area contributed by atoms with Crippen LogP contribution in [0.2, 0.25) is 5.02 Å². The van der Waals surface area contributed by atoms with Crippen molar-refractivity contribution in [3.05, 3.63) is 64.8 Å². The van der Waals surface area contributed by atoms with Crippen molar-refractivity contribution < 1.29 is 23.9 Å². The molecule has 1 aromatic heterocycles. The summed E-state index contributed by atoms with van der Waals surface area (Å²) in [6.45, 7) is 1.24. The van der Waals surface area contributed by atoms with Crippen LogP contribution in [0.5, 0.6) is 0 Å². The molecule has 0 bridgehead atoms. The first-order valence-corrected chi connectivity index (χ1v) is 9.14. The molecule has 1 heterocycles. The molecular weight excluding hydrogens is 396 g/mol. The number of aryl methyl sites for hydroxylation is 1. The number of rotatable bonds is 6. The van der Waals surface area contributed by atoms with Gasteiger partial charge in [0.2, 0.25) is 0 Å². The molecule has 0 radical (unpaired) electrons. The minimum Gasteiger partial charge on any atom is -0.465 e. The van der Waals surface area contributed by atoms with Gasteiger partial charge >= 0.3 is 11.9 Å². The van der Waals surface area contributed by atoms with Crippen molar-refractivity contribution >= 4 is 46.0 Å². The number of aromatic nitrogens is 1. The molecule has 0 aliphatic heterocycles. The van der Waals surface area contributed by atoms with Gasteiger partial charge in [0.15, 0.2) is 6.61 Å². The highest BCUT2D eigenvalue weighted by molar-refractivity contribution is 6.31. The van der Waals surface area contributed by atoms with Crippen LogP contribution in [0.1, 0.15) is 15.9 Å². The number of ether oxygens (including phenoxy) is 2. The molecule has 1 N–H and O–H groups in total. The van der Waals surface area contributed by atoms with E-state index in [1.807, 2.05) is 6.92 Å². The highest BCUT2D eigenvalue weighted by Crippen LogP contribution is 2.22. The second-order valence-corrected chi connectivity index (χ2v) is 6.78. The zero-order valence-corrected chi connectivity index (χ0v) is 16.7. The maximum atomic E-state index is 12.2. The van der Waals surface area contributed by atoms with Gasteiger partial charge in [0.05, 0.1) is 12.7 Å². The second kappa shape index (κ2) is 8.79. The lowest BCUT2D eigenvalue weighted by Crippen LogP contribution is -2.23. The van der Waals surface area contributed by atoms with Crippen molar-refractivity contribution in [3.63, 3.8) is 0 Å². The molecule has 0 atom stereocenters. The number of hydrogen-bond acceptors (Lipinski definition) is 5. The van der Waals surface area contributed by atoms with Crippen LogP contribution >= 0.6 is 11.6 Å². The molecule has 3 aromatic rings. The number of benzene rings is 2. The molecule has 150 valence electrons. The highest BCUT2D eigenvalue weighted by Gasteiger charge is 2.17. The minimum absolute atomic E-state index is 0.152. The van der Waals surface area contributed by atoms with Gasteiger partial charge < -0.3 is 19.4 Å². The normalized spacial score (nSPS) is 10.6. The van der Waals surface area contributed by atoms with Gasteiger partial charge in [0.1, 0.15) is 6.54 Å². The van der Waals surface area contributed by atoms with Crippen molar-refractivity contribution in [1.82, 2.24) is 4.57 Å². The molecule has 0 unspecified atom stereocenters. The van der Waals surface area contributed by atoms with Crippen molar-refractivity contribution in [1.29, 1.82) is 0 Å². The summed E-state index contributed by atoms with van der Waals surface area (Å²) in [5.74, 6) is -1.58. The van der Waals surface area contributed by atoms with E-state index >= 15 is 0 Å². The standard InChI is InChI=1S/C21H19ClN2O5/c1-13-7-8-14(22)9-17(13)23-19(25)12-29-20(26)11-24-10-16(21(27)28-2)15-5-3-4-6-18(15)24/h3-10H,11-12H2,1-2H3,(H,23,25). The number of halogens is 1. The van der Waals surface area contributed by atoms with E-state index in [1.165, 1.54) is 13.3 Å². The summed E-state index contributed by atoms with van der Waals surface area (Å²) in [4.78, 5) is 36.3. The van der Waals surface area contributed by atoms with Crippen molar-refractivity contribution in [2.45, 2.75) is 13.5 Å². The fourth-order valence-corrected chi connectivity index (χ4v) is 3.07. The van der Waals surface area contributed by atoms with Gasteiger partial charge in [-0.25, -0.2) is 4.79 Å². The van der Waals surface area contributed by atoms with Gasteiger partial charge in [0.25, 0.3) is 5.91 Å². The Kier molecular flexibility index (Phi) is 6.19. The van der Waals surface area contributed by atoms with Gasteiger partial charge in [0, 0.05) is 27.8 Å². The number of esters is 2. The first kappa shape index (κ1) is 20.4. The van der Waals surface area contributed by atoms with Crippen LogP contribution < -0.4 is 5.32 Å². The topological polar surface area (TPSA) is 86.6 Å². The van der Waals surface area contributed by atoms with Crippen molar-refractivity contribution in [2.24, 2.45) is 0 Å². The maximum Gasteiger partial charge on any atom is 0.340 e. The van der Waals surface area contributed by atoms with E-state index in [0.29, 0.717) is 27.2 Å². The average Bonchev–Trinajstić information content (AvgIpc) is 3.07. The van der Waals surface area contributed by atoms with Crippen molar-refractivity contribution in [2.75, 3.05) is 19.0 Å².